The van der Waals surface area contributed by atoms with Crippen molar-refractivity contribution in [3.8, 4) is 0 Å². The van der Waals surface area contributed by atoms with E-state index in [4.69, 9.17) is 10.5 Å². The molecule has 2 atom stereocenters. The summed E-state index contributed by atoms with van der Waals surface area (Å²) in [5.41, 5.74) is 5.16. The van der Waals surface area contributed by atoms with Gasteiger partial charge in [-0.25, -0.2) is 0 Å². The number of carbonyl (C=O) groups excluding carboxylic acids is 6. The first-order valence-corrected chi connectivity index (χ1v) is 11.8. The minimum Gasteiger partial charge on any atom is -0.370 e. The zero-order valence-corrected chi connectivity index (χ0v) is 19.4. The summed E-state index contributed by atoms with van der Waals surface area (Å²) in [7, 11) is 0. The van der Waals surface area contributed by atoms with Crippen molar-refractivity contribution in [2.75, 3.05) is 57.9 Å². The second kappa shape index (κ2) is 16.0. The van der Waals surface area contributed by atoms with Crippen molar-refractivity contribution in [1.29, 1.82) is 0 Å². The van der Waals surface area contributed by atoms with Gasteiger partial charge in [0.05, 0.1) is 32.3 Å². The third-order valence-corrected chi connectivity index (χ3v) is 5.27. The van der Waals surface area contributed by atoms with Crippen molar-refractivity contribution in [2.45, 2.75) is 24.9 Å². The molecule has 0 aromatic heterocycles. The van der Waals surface area contributed by atoms with Crippen LogP contribution in [-0.2, 0) is 33.5 Å². The van der Waals surface area contributed by atoms with Crippen molar-refractivity contribution in [3.63, 3.8) is 0 Å². The van der Waals surface area contributed by atoms with Gasteiger partial charge in [-0.2, -0.15) is 11.8 Å². The van der Waals surface area contributed by atoms with E-state index in [2.05, 4.69) is 21.3 Å². The third-order valence-electron chi connectivity index (χ3n) is 4.58. The number of hydrogen-bond acceptors (Lipinski definition) is 9. The monoisotopic (exact) mass is 488 g/mol. The Bertz CT molecular complexity index is 708. The number of amides is 5. The highest BCUT2D eigenvalue weighted by Gasteiger charge is 2.34. The average Bonchev–Trinajstić information content (AvgIpc) is 3.30. The first-order chi connectivity index (χ1) is 15.8. The first-order valence-electron chi connectivity index (χ1n) is 10.4. The smallest absolute Gasteiger partial charge is 0.249 e. The number of hydrogen-bond donors (Lipinski definition) is 5. The molecular formula is C19H32N6O7S. The minimum atomic E-state index is -0.714. The summed E-state index contributed by atoms with van der Waals surface area (Å²) in [5.74, 6) is -1.84. The molecule has 0 radical (unpaired) electrons. The van der Waals surface area contributed by atoms with E-state index in [0.717, 1.165) is 0 Å². The fraction of sp³-hybridized carbons (Fsp3) is 0.684. The lowest BCUT2D eigenvalue weighted by Crippen LogP contribution is -2.50. The lowest BCUT2D eigenvalue weighted by Gasteiger charge is -2.24. The van der Waals surface area contributed by atoms with Crippen LogP contribution >= 0.6 is 11.8 Å². The summed E-state index contributed by atoms with van der Waals surface area (Å²) in [6, 6.07) is -1.35. The molecule has 1 fully saturated rings. The highest BCUT2D eigenvalue weighted by atomic mass is 32.2. The number of aldehydes is 1. The molecule has 1 rings (SSSR count). The summed E-state index contributed by atoms with van der Waals surface area (Å²) in [5, 5.41) is 9.80. The molecule has 0 aromatic rings. The molecule has 1 saturated heterocycles. The van der Waals surface area contributed by atoms with Crippen LogP contribution in [0.2, 0.25) is 0 Å². The second-order valence-electron chi connectivity index (χ2n) is 7.11. The normalized spacial score (nSPS) is 15.9. The number of carbonyl (C=O) groups is 6. The van der Waals surface area contributed by atoms with Gasteiger partial charge in [0, 0.05) is 18.8 Å². The van der Waals surface area contributed by atoms with Crippen molar-refractivity contribution in [2.24, 2.45) is 5.73 Å². The van der Waals surface area contributed by atoms with E-state index in [1.54, 1.807) is 6.26 Å². The van der Waals surface area contributed by atoms with Crippen molar-refractivity contribution in [1.82, 2.24) is 26.2 Å². The van der Waals surface area contributed by atoms with Crippen molar-refractivity contribution < 1.29 is 33.5 Å². The largest absolute Gasteiger partial charge is 0.370 e. The summed E-state index contributed by atoms with van der Waals surface area (Å²) in [4.78, 5) is 71.7. The Morgan fingerprint density at radius 3 is 2.52 bits per heavy atom. The number of ether oxygens (including phenoxy) is 1. The maximum absolute atomic E-state index is 12.4. The van der Waals surface area contributed by atoms with Crippen LogP contribution < -0.4 is 27.0 Å². The zero-order chi connectivity index (χ0) is 24.6. The van der Waals surface area contributed by atoms with Crippen LogP contribution in [0.4, 0.5) is 0 Å². The number of nitrogens with zero attached hydrogens (tertiary/aromatic N) is 1. The van der Waals surface area contributed by atoms with Gasteiger partial charge < -0.3 is 41.4 Å². The Morgan fingerprint density at radius 1 is 1.12 bits per heavy atom. The quantitative estimate of drug-likeness (QED) is 0.114. The fourth-order valence-corrected chi connectivity index (χ4v) is 3.51. The molecule has 0 bridgehead atoms. The summed E-state index contributed by atoms with van der Waals surface area (Å²) < 4.78 is 5.23. The maximum Gasteiger partial charge on any atom is 0.249 e. The third kappa shape index (κ3) is 11.1. The van der Waals surface area contributed by atoms with Gasteiger partial charge in [0.2, 0.25) is 29.5 Å². The molecule has 14 heteroatoms. The Balaban J connectivity index is 2.33. The molecule has 13 nitrogen and oxygen atoms in total. The van der Waals surface area contributed by atoms with Gasteiger partial charge in [0.25, 0.3) is 0 Å². The number of thioether (sulfide) groups is 1. The van der Waals surface area contributed by atoms with E-state index >= 15 is 0 Å². The Morgan fingerprint density at radius 2 is 1.85 bits per heavy atom. The molecule has 1 heterocycles. The molecule has 33 heavy (non-hydrogen) atoms. The van der Waals surface area contributed by atoms with Gasteiger partial charge in [0.1, 0.15) is 18.9 Å². The van der Waals surface area contributed by atoms with E-state index in [1.807, 2.05) is 0 Å². The summed E-state index contributed by atoms with van der Waals surface area (Å²) >= 11 is 1.40. The second-order valence-corrected chi connectivity index (χ2v) is 8.02. The number of nitrogens with one attached hydrogen (secondary N) is 4. The number of nitrogens with two attached hydrogens (primary N) is 1. The standard InChI is InChI=1S/C19H32N6O7S/c1-33-12-13(10-26)24-17(29)9-22-16(28)8-23-19(31)14-3-2-5-25(14)18(30)11-32-6-4-21-15(27)7-20/h10,13-14H,2-9,11-12,20H2,1H3,(H,21,27)(H,22,28)(H,23,31)(H,24,29). The van der Waals surface area contributed by atoms with Crippen molar-refractivity contribution >= 4 is 47.6 Å². The molecule has 6 N–H and O–H groups in total. The highest BCUT2D eigenvalue weighted by molar-refractivity contribution is 7.98. The number of likely N-dealkylation sites (tertiary alicyclic amines) is 1. The fourth-order valence-electron chi connectivity index (χ4n) is 2.99. The predicted octanol–water partition coefficient (Wildman–Crippen LogP) is -3.65. The van der Waals surface area contributed by atoms with E-state index in [1.165, 1.54) is 16.7 Å². The van der Waals surface area contributed by atoms with Crippen molar-refractivity contribution in [3.05, 3.63) is 0 Å². The van der Waals surface area contributed by atoms with Crippen LogP contribution in [0, 0.1) is 0 Å². The Kier molecular flexibility index (Phi) is 13.7. The van der Waals surface area contributed by atoms with E-state index in [0.29, 0.717) is 31.4 Å². The highest BCUT2D eigenvalue weighted by Crippen LogP contribution is 2.17. The Hall–Kier alpha value is -2.71. The first kappa shape index (κ1) is 28.3. The van der Waals surface area contributed by atoms with Crippen LogP contribution in [0.25, 0.3) is 0 Å². The van der Waals surface area contributed by atoms with Gasteiger partial charge >= 0.3 is 0 Å². The molecule has 2 unspecified atom stereocenters. The maximum atomic E-state index is 12.4. The number of rotatable bonds is 15. The van der Waals surface area contributed by atoms with Gasteiger partial charge in [-0.1, -0.05) is 0 Å². The molecule has 5 amide bonds. The molecule has 0 spiro atoms. The van der Waals surface area contributed by atoms with E-state index < -0.39 is 29.8 Å². The lowest BCUT2D eigenvalue weighted by atomic mass is 10.2. The molecule has 0 aliphatic carbocycles. The summed E-state index contributed by atoms with van der Waals surface area (Å²) in [6.45, 7) is -0.322. The van der Waals surface area contributed by atoms with Gasteiger partial charge in [0.15, 0.2) is 0 Å². The van der Waals surface area contributed by atoms with Crippen LogP contribution in [0.3, 0.4) is 0 Å². The average molecular weight is 489 g/mol. The summed E-state index contributed by atoms with van der Waals surface area (Å²) in [6.07, 6.45) is 3.51. The van der Waals surface area contributed by atoms with Gasteiger partial charge in [-0.3, -0.25) is 24.0 Å². The van der Waals surface area contributed by atoms with Crippen LogP contribution in [0.1, 0.15) is 12.8 Å². The predicted molar refractivity (Wildman–Crippen MR) is 120 cm³/mol. The molecule has 186 valence electrons. The topological polar surface area (TPSA) is 189 Å². The molecule has 0 aromatic carbocycles. The van der Waals surface area contributed by atoms with E-state index in [9.17, 15) is 28.8 Å². The lowest BCUT2D eigenvalue weighted by molar-refractivity contribution is -0.142. The van der Waals surface area contributed by atoms with Gasteiger partial charge in [-0.05, 0) is 19.1 Å². The minimum absolute atomic E-state index is 0.126. The Labute approximate surface area is 196 Å². The van der Waals surface area contributed by atoms with Crippen LogP contribution in [-0.4, -0.2) is 111 Å². The van der Waals surface area contributed by atoms with Gasteiger partial charge in [-0.15, -0.1) is 0 Å². The molecular weight excluding hydrogens is 456 g/mol. The van der Waals surface area contributed by atoms with Crippen LogP contribution in [0.15, 0.2) is 0 Å². The SMILES string of the molecule is CSCC(C=O)NC(=O)CNC(=O)CNC(=O)C1CCCN1C(=O)COCCNC(=O)CN. The molecule has 1 aliphatic heterocycles. The molecule has 1 aliphatic rings. The zero-order valence-electron chi connectivity index (χ0n) is 18.6. The molecule has 0 saturated carbocycles. The van der Waals surface area contributed by atoms with Crippen LogP contribution in [0.5, 0.6) is 0 Å². The van der Waals surface area contributed by atoms with E-state index in [-0.39, 0.29) is 51.2 Å².